The van der Waals surface area contributed by atoms with Gasteiger partial charge in [-0.2, -0.15) is 0 Å². The van der Waals surface area contributed by atoms with Crippen LogP contribution in [0, 0.1) is 5.41 Å². The summed E-state index contributed by atoms with van der Waals surface area (Å²) in [5.41, 5.74) is 6.63. The molecular weight excluding hydrogens is 286 g/mol. The number of anilines is 1. The summed E-state index contributed by atoms with van der Waals surface area (Å²) in [6.07, 6.45) is 2.82. The fraction of sp³-hybridized carbons (Fsp3) is 0.600. The molecular formula is C15H25N3O2S. The molecule has 0 unspecified atom stereocenters. The highest BCUT2D eigenvalue weighted by molar-refractivity contribution is 7.89. The van der Waals surface area contributed by atoms with Crippen molar-refractivity contribution in [1.29, 1.82) is 0 Å². The molecule has 1 aliphatic carbocycles. The van der Waals surface area contributed by atoms with Crippen molar-refractivity contribution in [3.05, 3.63) is 24.3 Å². The zero-order valence-corrected chi connectivity index (χ0v) is 13.5. The molecule has 2 rings (SSSR count). The molecule has 0 amide bonds. The number of sulfonamides is 1. The monoisotopic (exact) mass is 311 g/mol. The lowest BCUT2D eigenvalue weighted by molar-refractivity contribution is 0.365. The Kier molecular flexibility index (Phi) is 4.91. The summed E-state index contributed by atoms with van der Waals surface area (Å²) in [6.45, 7) is 5.78. The van der Waals surface area contributed by atoms with E-state index in [9.17, 15) is 8.42 Å². The first-order chi connectivity index (χ1) is 9.82. The molecule has 0 atom stereocenters. The number of hydrogen-bond donors (Lipinski definition) is 3. The van der Waals surface area contributed by atoms with Crippen LogP contribution < -0.4 is 15.8 Å². The van der Waals surface area contributed by atoms with E-state index in [1.54, 1.807) is 24.3 Å². The van der Waals surface area contributed by atoms with Crippen molar-refractivity contribution < 1.29 is 8.42 Å². The minimum absolute atomic E-state index is 0.118. The van der Waals surface area contributed by atoms with Gasteiger partial charge in [0.15, 0.2) is 0 Å². The molecule has 1 fully saturated rings. The maximum absolute atomic E-state index is 12.1. The third-order valence-corrected chi connectivity index (χ3v) is 5.19. The Balaban J connectivity index is 1.95. The van der Waals surface area contributed by atoms with Crippen LogP contribution in [0.3, 0.4) is 0 Å². The van der Waals surface area contributed by atoms with E-state index < -0.39 is 10.0 Å². The van der Waals surface area contributed by atoms with E-state index in [2.05, 4.69) is 23.9 Å². The molecule has 0 spiro atoms. The van der Waals surface area contributed by atoms with Gasteiger partial charge in [0.2, 0.25) is 10.0 Å². The van der Waals surface area contributed by atoms with Crippen molar-refractivity contribution in [2.45, 2.75) is 44.0 Å². The third-order valence-electron chi connectivity index (χ3n) is 3.66. The maximum Gasteiger partial charge on any atom is 0.240 e. The van der Waals surface area contributed by atoms with Crippen LogP contribution in [0.1, 0.15) is 33.1 Å². The molecule has 118 valence electrons. The van der Waals surface area contributed by atoms with Crippen molar-refractivity contribution in [3.63, 3.8) is 0 Å². The van der Waals surface area contributed by atoms with Crippen molar-refractivity contribution in [1.82, 2.24) is 4.72 Å². The van der Waals surface area contributed by atoms with E-state index in [0.717, 1.165) is 31.5 Å². The van der Waals surface area contributed by atoms with Gasteiger partial charge >= 0.3 is 0 Å². The van der Waals surface area contributed by atoms with Crippen LogP contribution in [0.25, 0.3) is 0 Å². The Bertz CT molecular complexity index is 563. The molecule has 1 saturated carbocycles. The minimum Gasteiger partial charge on any atom is -0.385 e. The molecule has 6 heteroatoms. The molecule has 1 aromatic rings. The number of rotatable bonds is 8. The summed E-state index contributed by atoms with van der Waals surface area (Å²) in [5, 5.41) is 3.33. The van der Waals surface area contributed by atoms with Gasteiger partial charge in [-0.1, -0.05) is 13.8 Å². The molecule has 0 aromatic heterocycles. The van der Waals surface area contributed by atoms with Crippen LogP contribution in [-0.4, -0.2) is 27.5 Å². The zero-order valence-electron chi connectivity index (χ0n) is 12.7. The average Bonchev–Trinajstić information content (AvgIpc) is 3.20. The first-order valence-electron chi connectivity index (χ1n) is 7.39. The Hall–Kier alpha value is -1.11. The van der Waals surface area contributed by atoms with Gasteiger partial charge in [0.1, 0.15) is 0 Å². The van der Waals surface area contributed by atoms with Crippen LogP contribution in [0.2, 0.25) is 0 Å². The lowest BCUT2D eigenvalue weighted by atomic mass is 9.89. The first-order valence-corrected chi connectivity index (χ1v) is 8.87. The van der Waals surface area contributed by atoms with E-state index in [1.807, 2.05) is 0 Å². The van der Waals surface area contributed by atoms with E-state index in [1.165, 1.54) is 0 Å². The van der Waals surface area contributed by atoms with Gasteiger partial charge in [-0.3, -0.25) is 0 Å². The Morgan fingerprint density at radius 1 is 1.24 bits per heavy atom. The van der Waals surface area contributed by atoms with Gasteiger partial charge in [-0.05, 0) is 55.5 Å². The topological polar surface area (TPSA) is 84.2 Å². The highest BCUT2D eigenvalue weighted by atomic mass is 32.2. The Labute approximate surface area is 127 Å². The number of nitrogens with one attached hydrogen (secondary N) is 2. The second-order valence-electron chi connectivity index (χ2n) is 6.48. The van der Waals surface area contributed by atoms with Gasteiger partial charge < -0.3 is 11.1 Å². The third kappa shape index (κ3) is 4.98. The summed E-state index contributed by atoms with van der Waals surface area (Å²) in [4.78, 5) is 0.321. The van der Waals surface area contributed by atoms with Gasteiger partial charge in [0, 0.05) is 18.3 Å². The van der Waals surface area contributed by atoms with Crippen molar-refractivity contribution in [3.8, 4) is 0 Å². The predicted molar refractivity (Wildman–Crippen MR) is 85.7 cm³/mol. The van der Waals surface area contributed by atoms with E-state index in [4.69, 9.17) is 5.73 Å². The first kappa shape index (κ1) is 16.3. The highest BCUT2D eigenvalue weighted by Crippen LogP contribution is 2.24. The summed E-state index contributed by atoms with van der Waals surface area (Å²) >= 11 is 0. The maximum atomic E-state index is 12.1. The molecule has 0 bridgehead atoms. The van der Waals surface area contributed by atoms with E-state index in [0.29, 0.717) is 11.4 Å². The largest absolute Gasteiger partial charge is 0.385 e. The SMILES string of the molecule is CC(C)(CCN)CNc1ccc(S(=O)(=O)NC2CC2)cc1. The lowest BCUT2D eigenvalue weighted by Crippen LogP contribution is -2.26. The average molecular weight is 311 g/mol. The smallest absolute Gasteiger partial charge is 0.240 e. The normalized spacial score (nSPS) is 16.0. The van der Waals surface area contributed by atoms with Crippen LogP contribution in [-0.2, 0) is 10.0 Å². The molecule has 1 aromatic carbocycles. The highest BCUT2D eigenvalue weighted by Gasteiger charge is 2.27. The molecule has 0 aliphatic heterocycles. The fourth-order valence-electron chi connectivity index (χ4n) is 2.06. The van der Waals surface area contributed by atoms with Crippen LogP contribution in [0.4, 0.5) is 5.69 Å². The molecule has 0 heterocycles. The molecule has 21 heavy (non-hydrogen) atoms. The second-order valence-corrected chi connectivity index (χ2v) is 8.19. The fourth-order valence-corrected chi connectivity index (χ4v) is 3.37. The van der Waals surface area contributed by atoms with E-state index in [-0.39, 0.29) is 11.5 Å². The van der Waals surface area contributed by atoms with Crippen LogP contribution in [0.5, 0.6) is 0 Å². The summed E-state index contributed by atoms with van der Waals surface area (Å²) in [5.74, 6) is 0. The zero-order chi connectivity index (χ0) is 15.5. The predicted octanol–water partition coefficient (Wildman–Crippen LogP) is 1.91. The summed E-state index contributed by atoms with van der Waals surface area (Å²) < 4.78 is 26.8. The van der Waals surface area contributed by atoms with Crippen molar-refractivity contribution in [2.75, 3.05) is 18.4 Å². The molecule has 1 aliphatic rings. The quantitative estimate of drug-likeness (QED) is 0.685. The van der Waals surface area contributed by atoms with Gasteiger partial charge in [0.05, 0.1) is 4.90 Å². The number of benzene rings is 1. The molecule has 0 saturated heterocycles. The minimum atomic E-state index is -3.36. The molecule has 0 radical (unpaired) electrons. The summed E-state index contributed by atoms with van der Waals surface area (Å²) in [6, 6.07) is 7.02. The number of nitrogens with two attached hydrogens (primary N) is 1. The molecule has 4 N–H and O–H groups in total. The van der Waals surface area contributed by atoms with Crippen molar-refractivity contribution in [2.24, 2.45) is 11.1 Å². The number of hydrogen-bond acceptors (Lipinski definition) is 4. The van der Waals surface area contributed by atoms with Gasteiger partial charge in [-0.25, -0.2) is 13.1 Å². The van der Waals surface area contributed by atoms with Gasteiger partial charge in [-0.15, -0.1) is 0 Å². The Morgan fingerprint density at radius 3 is 2.38 bits per heavy atom. The second kappa shape index (κ2) is 6.34. The van der Waals surface area contributed by atoms with Crippen LogP contribution >= 0.6 is 0 Å². The Morgan fingerprint density at radius 2 is 1.86 bits per heavy atom. The van der Waals surface area contributed by atoms with E-state index >= 15 is 0 Å². The van der Waals surface area contributed by atoms with Crippen molar-refractivity contribution >= 4 is 15.7 Å². The molecule has 5 nitrogen and oxygen atoms in total. The summed E-state index contributed by atoms with van der Waals surface area (Å²) in [7, 11) is -3.36. The van der Waals surface area contributed by atoms with Crippen LogP contribution in [0.15, 0.2) is 29.2 Å². The van der Waals surface area contributed by atoms with Gasteiger partial charge in [0.25, 0.3) is 0 Å². The lowest BCUT2D eigenvalue weighted by Gasteiger charge is -2.24. The standard InChI is InChI=1S/C15H25N3O2S/c1-15(2,9-10-16)11-17-12-5-7-14(8-6-12)21(19,20)18-13-3-4-13/h5-8,13,17-18H,3-4,9-11,16H2,1-2H3.